The third kappa shape index (κ3) is 5.03. The molecule has 2 aromatic rings. The van der Waals surface area contributed by atoms with Crippen molar-refractivity contribution in [1.29, 1.82) is 0 Å². The normalized spacial score (nSPS) is 20.2. The average Bonchev–Trinajstić information content (AvgIpc) is 3.16. The molecular formula is C23H31N3O5. The number of benzene rings is 2. The van der Waals surface area contributed by atoms with Crippen molar-refractivity contribution in [2.45, 2.75) is 37.9 Å². The van der Waals surface area contributed by atoms with E-state index < -0.39 is 0 Å². The zero-order chi connectivity index (χ0) is 22.4. The van der Waals surface area contributed by atoms with Gasteiger partial charge in [-0.2, -0.15) is 0 Å². The van der Waals surface area contributed by atoms with Gasteiger partial charge >= 0.3 is 0 Å². The van der Waals surface area contributed by atoms with Crippen molar-refractivity contribution < 1.29 is 23.7 Å². The Morgan fingerprint density at radius 1 is 0.935 bits per heavy atom. The van der Waals surface area contributed by atoms with Crippen LogP contribution in [0.15, 0.2) is 36.4 Å². The van der Waals surface area contributed by atoms with Crippen LogP contribution in [0.5, 0.6) is 23.0 Å². The number of hydrogen-bond acceptors (Lipinski definition) is 7. The van der Waals surface area contributed by atoms with E-state index in [0.717, 1.165) is 16.9 Å². The number of methoxy groups -OCH3 is 4. The summed E-state index contributed by atoms with van der Waals surface area (Å²) in [6.45, 7) is 2.06. The summed E-state index contributed by atoms with van der Waals surface area (Å²) in [5.74, 6) is 2.41. The Labute approximate surface area is 183 Å². The fourth-order valence-corrected chi connectivity index (χ4v) is 3.99. The number of para-hydroxylation sites is 1. The first-order valence-electron chi connectivity index (χ1n) is 10.2. The van der Waals surface area contributed by atoms with Gasteiger partial charge in [-0.25, -0.2) is 5.43 Å². The molecule has 31 heavy (non-hydrogen) atoms. The Bertz CT molecular complexity index is 880. The van der Waals surface area contributed by atoms with Crippen molar-refractivity contribution in [1.82, 2.24) is 16.2 Å². The summed E-state index contributed by atoms with van der Waals surface area (Å²) >= 11 is 0. The minimum absolute atomic E-state index is 0.0380. The van der Waals surface area contributed by atoms with Crippen LogP contribution in [0.1, 0.15) is 30.4 Å². The number of amides is 1. The smallest absolute Gasteiger partial charge is 0.221 e. The maximum absolute atomic E-state index is 12.7. The standard InChI is InChI=1S/C23H31N3O5/c1-14-21(16-12-18(29-3)22(31-5)19(13-16)30-4)23(26-25-14)24-20(27)11-10-15-8-6-7-9-17(15)28-2/h6-9,12-14,21,23,25-26H,10-11H2,1-5H3,(H,24,27). The summed E-state index contributed by atoms with van der Waals surface area (Å²) in [5, 5.41) is 3.10. The van der Waals surface area contributed by atoms with E-state index in [4.69, 9.17) is 18.9 Å². The number of carbonyl (C=O) groups is 1. The first kappa shape index (κ1) is 22.7. The Kier molecular flexibility index (Phi) is 7.59. The van der Waals surface area contributed by atoms with Gasteiger partial charge in [0.2, 0.25) is 11.7 Å². The fraction of sp³-hybridized carbons (Fsp3) is 0.435. The molecular weight excluding hydrogens is 398 g/mol. The van der Waals surface area contributed by atoms with Crippen molar-refractivity contribution in [2.24, 2.45) is 0 Å². The lowest BCUT2D eigenvalue weighted by Gasteiger charge is -2.24. The van der Waals surface area contributed by atoms with Gasteiger partial charge in [0, 0.05) is 18.4 Å². The van der Waals surface area contributed by atoms with Crippen LogP contribution in [0.25, 0.3) is 0 Å². The minimum Gasteiger partial charge on any atom is -0.496 e. The zero-order valence-corrected chi connectivity index (χ0v) is 18.7. The summed E-state index contributed by atoms with van der Waals surface area (Å²) in [4.78, 5) is 12.7. The molecule has 3 N–H and O–H groups in total. The highest BCUT2D eigenvalue weighted by Gasteiger charge is 2.36. The summed E-state index contributed by atoms with van der Waals surface area (Å²) in [5.41, 5.74) is 8.39. The topological polar surface area (TPSA) is 90.1 Å². The maximum Gasteiger partial charge on any atom is 0.221 e. The minimum atomic E-state index is -0.289. The lowest BCUT2D eigenvalue weighted by molar-refractivity contribution is -0.122. The number of rotatable bonds is 9. The van der Waals surface area contributed by atoms with Crippen molar-refractivity contribution in [2.75, 3.05) is 28.4 Å². The fourth-order valence-electron chi connectivity index (χ4n) is 3.99. The molecule has 0 saturated carbocycles. The second kappa shape index (κ2) is 10.4. The van der Waals surface area contributed by atoms with E-state index in [2.05, 4.69) is 23.1 Å². The van der Waals surface area contributed by atoms with E-state index >= 15 is 0 Å². The van der Waals surface area contributed by atoms with Gasteiger partial charge < -0.3 is 24.3 Å². The molecule has 3 atom stereocenters. The highest BCUT2D eigenvalue weighted by atomic mass is 16.5. The van der Waals surface area contributed by atoms with Gasteiger partial charge in [-0.05, 0) is 42.7 Å². The molecule has 1 amide bonds. The predicted molar refractivity (Wildman–Crippen MR) is 118 cm³/mol. The van der Waals surface area contributed by atoms with E-state index in [1.54, 1.807) is 28.4 Å². The van der Waals surface area contributed by atoms with Gasteiger partial charge in [-0.1, -0.05) is 18.2 Å². The Hall–Kier alpha value is -2.97. The van der Waals surface area contributed by atoms with Gasteiger partial charge in [-0.3, -0.25) is 10.2 Å². The number of carbonyl (C=O) groups excluding carboxylic acids is 1. The van der Waals surface area contributed by atoms with Crippen LogP contribution in [-0.4, -0.2) is 46.6 Å². The van der Waals surface area contributed by atoms with Crippen LogP contribution in [0.3, 0.4) is 0 Å². The predicted octanol–water partition coefficient (Wildman–Crippen LogP) is 2.38. The molecule has 1 fully saturated rings. The van der Waals surface area contributed by atoms with E-state index in [1.165, 1.54) is 0 Å². The number of hydrogen-bond donors (Lipinski definition) is 3. The molecule has 168 valence electrons. The van der Waals surface area contributed by atoms with Crippen molar-refractivity contribution >= 4 is 5.91 Å². The van der Waals surface area contributed by atoms with E-state index in [1.807, 2.05) is 36.4 Å². The third-order valence-electron chi connectivity index (χ3n) is 5.57. The molecule has 0 aromatic heterocycles. The number of ether oxygens (including phenoxy) is 4. The molecule has 8 nitrogen and oxygen atoms in total. The molecule has 1 aliphatic heterocycles. The largest absolute Gasteiger partial charge is 0.496 e. The number of aryl methyl sites for hydroxylation is 1. The molecule has 0 radical (unpaired) electrons. The molecule has 2 aromatic carbocycles. The van der Waals surface area contributed by atoms with Crippen molar-refractivity contribution in [3.8, 4) is 23.0 Å². The van der Waals surface area contributed by atoms with Gasteiger partial charge in [0.1, 0.15) is 11.9 Å². The van der Waals surface area contributed by atoms with Gasteiger partial charge in [0.25, 0.3) is 0 Å². The van der Waals surface area contributed by atoms with Crippen LogP contribution in [0.4, 0.5) is 0 Å². The molecule has 1 saturated heterocycles. The summed E-state index contributed by atoms with van der Waals surface area (Å²) < 4.78 is 21.8. The lowest BCUT2D eigenvalue weighted by Crippen LogP contribution is -2.46. The molecule has 3 unspecified atom stereocenters. The van der Waals surface area contributed by atoms with Crippen LogP contribution < -0.4 is 35.1 Å². The maximum atomic E-state index is 12.7. The molecule has 1 aliphatic rings. The van der Waals surface area contributed by atoms with E-state index in [-0.39, 0.29) is 24.0 Å². The average molecular weight is 430 g/mol. The van der Waals surface area contributed by atoms with Crippen molar-refractivity contribution in [3.63, 3.8) is 0 Å². The van der Waals surface area contributed by atoms with E-state index in [0.29, 0.717) is 30.1 Å². The molecule has 3 rings (SSSR count). The first-order chi connectivity index (χ1) is 15.0. The molecule has 8 heteroatoms. The molecule has 0 aliphatic carbocycles. The van der Waals surface area contributed by atoms with Crippen molar-refractivity contribution in [3.05, 3.63) is 47.5 Å². The quantitative estimate of drug-likeness (QED) is 0.564. The number of nitrogens with one attached hydrogen (secondary N) is 3. The van der Waals surface area contributed by atoms with Crippen LogP contribution in [0.2, 0.25) is 0 Å². The highest BCUT2D eigenvalue weighted by molar-refractivity contribution is 5.76. The van der Waals surface area contributed by atoms with E-state index in [9.17, 15) is 4.79 Å². The summed E-state index contributed by atoms with van der Waals surface area (Å²) in [6.07, 6.45) is 0.665. The summed E-state index contributed by atoms with van der Waals surface area (Å²) in [6, 6.07) is 11.7. The Morgan fingerprint density at radius 3 is 2.19 bits per heavy atom. The third-order valence-corrected chi connectivity index (χ3v) is 5.57. The molecule has 0 bridgehead atoms. The lowest BCUT2D eigenvalue weighted by atomic mass is 9.90. The molecule has 0 spiro atoms. The Balaban J connectivity index is 1.74. The second-order valence-corrected chi connectivity index (χ2v) is 7.42. The van der Waals surface area contributed by atoms with Gasteiger partial charge in [0.15, 0.2) is 11.5 Å². The second-order valence-electron chi connectivity index (χ2n) is 7.42. The summed E-state index contributed by atoms with van der Waals surface area (Å²) in [7, 11) is 6.39. The van der Waals surface area contributed by atoms with Gasteiger partial charge in [0.05, 0.1) is 28.4 Å². The number of hydrazine groups is 1. The highest BCUT2D eigenvalue weighted by Crippen LogP contribution is 2.41. The first-order valence-corrected chi connectivity index (χ1v) is 10.2. The SMILES string of the molecule is COc1ccccc1CCC(=O)NC1NNC(C)C1c1cc(OC)c(OC)c(OC)c1. The molecule has 1 heterocycles. The zero-order valence-electron chi connectivity index (χ0n) is 18.7. The van der Waals surface area contributed by atoms with Crippen LogP contribution in [-0.2, 0) is 11.2 Å². The van der Waals surface area contributed by atoms with Crippen LogP contribution >= 0.6 is 0 Å². The monoisotopic (exact) mass is 429 g/mol. The Morgan fingerprint density at radius 2 is 1.58 bits per heavy atom. The van der Waals surface area contributed by atoms with Crippen LogP contribution in [0, 0.1) is 0 Å². The van der Waals surface area contributed by atoms with Gasteiger partial charge in [-0.15, -0.1) is 0 Å².